The average molecular weight is 506 g/mol. The molecular weight excluding hydrogens is 474 g/mol. The number of aryl methyl sites for hydroxylation is 1. The van der Waals surface area contributed by atoms with Crippen molar-refractivity contribution in [1.82, 2.24) is 24.1 Å². The molecule has 0 N–H and O–H groups in total. The van der Waals surface area contributed by atoms with E-state index in [2.05, 4.69) is 54.3 Å². The number of hydrogen-bond acceptors (Lipinski definition) is 5. The monoisotopic (exact) mass is 505 g/mol. The molecule has 35 heavy (non-hydrogen) atoms. The molecule has 0 fully saturated rings. The molecule has 2 aromatic carbocycles. The summed E-state index contributed by atoms with van der Waals surface area (Å²) in [5.41, 5.74) is 3.63. The van der Waals surface area contributed by atoms with Crippen molar-refractivity contribution >= 4 is 52.5 Å². The lowest BCUT2D eigenvalue weighted by molar-refractivity contribution is 0.0817. The van der Waals surface area contributed by atoms with Crippen LogP contribution < -0.4 is 5.56 Å². The molecule has 5 aromatic rings. The molecule has 0 aliphatic rings. The lowest BCUT2D eigenvalue weighted by Crippen LogP contribution is -2.24. The van der Waals surface area contributed by atoms with E-state index in [9.17, 15) is 4.79 Å². The highest BCUT2D eigenvalue weighted by Crippen LogP contribution is 2.29. The first-order valence-corrected chi connectivity index (χ1v) is 16.7. The van der Waals surface area contributed by atoms with Crippen molar-refractivity contribution in [3.05, 3.63) is 64.7 Å². The summed E-state index contributed by atoms with van der Waals surface area (Å²) in [6.07, 6.45) is 5.73. The smallest absolute Gasteiger partial charge is 0.291 e. The summed E-state index contributed by atoms with van der Waals surface area (Å²) in [4.78, 5) is 14.7. The first kappa shape index (κ1) is 23.8. The summed E-state index contributed by atoms with van der Waals surface area (Å²) in [6, 6.07) is 13.5. The molecule has 0 amide bonds. The number of fused-ring (bicyclic) bond motifs is 4. The van der Waals surface area contributed by atoms with Crippen LogP contribution in [0.2, 0.25) is 25.7 Å². The third-order valence-electron chi connectivity index (χ3n) is 6.52. The van der Waals surface area contributed by atoms with E-state index in [4.69, 9.17) is 4.74 Å². The summed E-state index contributed by atoms with van der Waals surface area (Å²) in [7, 11) is 0.825. The van der Waals surface area contributed by atoms with Crippen LogP contribution in [0.5, 0.6) is 0 Å². The molecule has 7 nitrogen and oxygen atoms in total. The van der Waals surface area contributed by atoms with Gasteiger partial charge < -0.3 is 9.30 Å². The fraction of sp³-hybridized carbons (Fsp3) is 0.346. The van der Waals surface area contributed by atoms with E-state index in [1.165, 1.54) is 4.90 Å². The molecule has 0 spiro atoms. The Hall–Kier alpha value is -2.88. The molecule has 3 aromatic heterocycles. The molecule has 0 unspecified atom stereocenters. The van der Waals surface area contributed by atoms with Crippen molar-refractivity contribution in [1.29, 1.82) is 0 Å². The lowest BCUT2D eigenvalue weighted by Gasteiger charge is -2.15. The van der Waals surface area contributed by atoms with Crippen LogP contribution in [0.15, 0.2) is 58.5 Å². The van der Waals surface area contributed by atoms with E-state index in [1.807, 2.05) is 46.9 Å². The average Bonchev–Trinajstić information content (AvgIpc) is 3.37. The van der Waals surface area contributed by atoms with Crippen molar-refractivity contribution < 1.29 is 4.74 Å². The Balaban J connectivity index is 1.46. The molecule has 0 saturated heterocycles. The second kappa shape index (κ2) is 9.29. The molecule has 0 atom stereocenters. The van der Waals surface area contributed by atoms with Crippen molar-refractivity contribution in [2.24, 2.45) is 7.05 Å². The number of nitrogens with zero attached hydrogens (tertiary/aromatic N) is 5. The number of rotatable bonds is 8. The Kier molecular flexibility index (Phi) is 6.33. The van der Waals surface area contributed by atoms with Crippen LogP contribution in [-0.2, 0) is 25.1 Å². The summed E-state index contributed by atoms with van der Waals surface area (Å²) in [5, 5.41) is 12.0. The van der Waals surface area contributed by atoms with Gasteiger partial charge >= 0.3 is 0 Å². The topological polar surface area (TPSA) is 66.9 Å². The lowest BCUT2D eigenvalue weighted by atomic mass is 10.1. The second-order valence-corrected chi connectivity index (χ2v) is 16.7. The van der Waals surface area contributed by atoms with Gasteiger partial charge in [-0.15, -0.1) is 11.8 Å². The molecule has 3 heterocycles. The molecule has 0 aliphatic heterocycles. The third-order valence-corrected chi connectivity index (χ3v) is 8.95. The maximum absolute atomic E-state index is 13.5. The van der Waals surface area contributed by atoms with Crippen LogP contribution in [0.25, 0.3) is 32.7 Å². The zero-order valence-electron chi connectivity index (χ0n) is 20.9. The maximum Gasteiger partial charge on any atom is 0.291 e. The van der Waals surface area contributed by atoms with Gasteiger partial charge in [0.2, 0.25) is 0 Å². The predicted octanol–water partition coefficient (Wildman–Crippen LogP) is 5.32. The Morgan fingerprint density at radius 3 is 2.51 bits per heavy atom. The van der Waals surface area contributed by atoms with E-state index >= 15 is 0 Å². The Morgan fingerprint density at radius 1 is 0.971 bits per heavy atom. The largest absolute Gasteiger partial charge is 0.360 e. The number of hydrogen-bond donors (Lipinski definition) is 0. The third kappa shape index (κ3) is 4.55. The summed E-state index contributed by atoms with van der Waals surface area (Å²) < 4.78 is 11.3. The van der Waals surface area contributed by atoms with Gasteiger partial charge in [0.05, 0.1) is 30.0 Å². The molecule has 0 radical (unpaired) electrons. The second-order valence-electron chi connectivity index (χ2n) is 10.2. The molecule has 9 heteroatoms. The van der Waals surface area contributed by atoms with E-state index in [0.29, 0.717) is 18.8 Å². The highest BCUT2D eigenvalue weighted by molar-refractivity contribution is 7.98. The highest BCUT2D eigenvalue weighted by Gasteiger charge is 2.16. The molecule has 0 saturated carbocycles. The fourth-order valence-corrected chi connectivity index (χ4v) is 5.66. The van der Waals surface area contributed by atoms with Crippen LogP contribution in [0.1, 0.15) is 5.56 Å². The van der Waals surface area contributed by atoms with E-state index in [-0.39, 0.29) is 5.56 Å². The minimum Gasteiger partial charge on any atom is -0.360 e. The van der Waals surface area contributed by atoms with Crippen LogP contribution in [-0.4, -0.2) is 45.1 Å². The standard InChI is InChI=1S/C26H31N5O2SSi/c1-29-24-13-19(34-2)9-10-20(24)22-15-27-30(26(32)25(22)29)16-18-7-6-8-23-21(18)14-28-31(23)17-33-11-12-35(3,4)5/h6-10,13-15H,11-12,16-17H2,1-5H3. The molecule has 182 valence electrons. The van der Waals surface area contributed by atoms with Gasteiger partial charge in [-0.25, -0.2) is 9.36 Å². The van der Waals surface area contributed by atoms with Gasteiger partial charge in [-0.2, -0.15) is 10.2 Å². The summed E-state index contributed by atoms with van der Waals surface area (Å²) >= 11 is 1.69. The quantitative estimate of drug-likeness (QED) is 0.162. The van der Waals surface area contributed by atoms with Gasteiger partial charge in [0.15, 0.2) is 0 Å². The number of ether oxygens (including phenoxy) is 1. The Morgan fingerprint density at radius 2 is 1.74 bits per heavy atom. The van der Waals surface area contributed by atoms with Gasteiger partial charge in [0, 0.05) is 42.8 Å². The zero-order chi connectivity index (χ0) is 24.7. The summed E-state index contributed by atoms with van der Waals surface area (Å²) in [6.45, 7) is 8.59. The Bertz CT molecular complexity index is 1600. The molecule has 5 rings (SSSR count). The van der Waals surface area contributed by atoms with Crippen LogP contribution in [0.4, 0.5) is 0 Å². The SMILES string of the molecule is CSc1ccc2c3cnn(Cc4cccc5c4cnn5COCC[Si](C)(C)C)c(=O)c3n(C)c2c1. The fourth-order valence-electron chi connectivity index (χ4n) is 4.47. The van der Waals surface area contributed by atoms with Crippen LogP contribution in [0.3, 0.4) is 0 Å². The van der Waals surface area contributed by atoms with Gasteiger partial charge in [-0.1, -0.05) is 37.8 Å². The highest BCUT2D eigenvalue weighted by atomic mass is 32.2. The molecule has 0 aliphatic carbocycles. The van der Waals surface area contributed by atoms with Gasteiger partial charge in [-0.3, -0.25) is 4.79 Å². The maximum atomic E-state index is 13.5. The first-order valence-electron chi connectivity index (χ1n) is 11.8. The van der Waals surface area contributed by atoms with Crippen molar-refractivity contribution in [2.75, 3.05) is 12.9 Å². The Labute approximate surface area is 209 Å². The van der Waals surface area contributed by atoms with E-state index in [0.717, 1.165) is 45.4 Å². The molecular formula is C26H31N5O2SSi. The summed E-state index contributed by atoms with van der Waals surface area (Å²) in [5.74, 6) is 0. The number of thioether (sulfide) groups is 1. The predicted molar refractivity (Wildman–Crippen MR) is 147 cm³/mol. The van der Waals surface area contributed by atoms with Crippen molar-refractivity contribution in [2.45, 2.75) is 43.9 Å². The van der Waals surface area contributed by atoms with Gasteiger partial charge in [0.1, 0.15) is 12.2 Å². The minimum absolute atomic E-state index is 0.0917. The van der Waals surface area contributed by atoms with E-state index < -0.39 is 8.07 Å². The van der Waals surface area contributed by atoms with E-state index in [1.54, 1.807) is 16.4 Å². The van der Waals surface area contributed by atoms with Gasteiger partial charge in [0.25, 0.3) is 5.56 Å². The van der Waals surface area contributed by atoms with Crippen LogP contribution >= 0.6 is 11.8 Å². The van der Waals surface area contributed by atoms with Gasteiger partial charge in [-0.05, 0) is 36.1 Å². The van der Waals surface area contributed by atoms with Crippen molar-refractivity contribution in [3.63, 3.8) is 0 Å². The normalized spacial score (nSPS) is 12.4. The number of benzene rings is 2. The first-order chi connectivity index (χ1) is 16.8. The number of aromatic nitrogens is 5. The molecule has 0 bridgehead atoms. The van der Waals surface area contributed by atoms with Crippen LogP contribution in [0, 0.1) is 0 Å². The minimum atomic E-state index is -1.13. The van der Waals surface area contributed by atoms with Crippen molar-refractivity contribution in [3.8, 4) is 0 Å². The zero-order valence-corrected chi connectivity index (χ0v) is 22.7.